The van der Waals surface area contributed by atoms with Crippen LogP contribution in [0.15, 0.2) is 97.6 Å². The van der Waals surface area contributed by atoms with E-state index in [1.54, 1.807) is 24.5 Å². The SMILES string of the molecule is C=C/C(=C\C(=C/C)c1ccc2[nH]nc(-c3cc4c(-c5cccc(F)c5)cncc4[nH]3)c2n1)NC(=C)C(C)C. The predicted molar refractivity (Wildman–Crippen MR) is 153 cm³/mol. The summed E-state index contributed by atoms with van der Waals surface area (Å²) in [7, 11) is 0. The maximum Gasteiger partial charge on any atom is 0.135 e. The van der Waals surface area contributed by atoms with Gasteiger partial charge in [0.05, 0.1) is 28.6 Å². The first-order valence-electron chi connectivity index (χ1n) is 12.4. The highest BCUT2D eigenvalue weighted by atomic mass is 19.1. The summed E-state index contributed by atoms with van der Waals surface area (Å²) in [6.07, 6.45) is 9.30. The highest BCUT2D eigenvalue weighted by molar-refractivity contribution is 6.00. The molecule has 7 heteroatoms. The second kappa shape index (κ2) is 10.3. The number of benzene rings is 1. The zero-order valence-electron chi connectivity index (χ0n) is 21.6. The fourth-order valence-corrected chi connectivity index (χ4v) is 4.26. The van der Waals surface area contributed by atoms with Gasteiger partial charge >= 0.3 is 0 Å². The minimum atomic E-state index is -0.289. The lowest BCUT2D eigenvalue weighted by Crippen LogP contribution is -2.14. The number of aromatic nitrogens is 5. The van der Waals surface area contributed by atoms with Crippen molar-refractivity contribution < 1.29 is 4.39 Å². The van der Waals surface area contributed by atoms with Crippen molar-refractivity contribution in [3.8, 4) is 22.5 Å². The Balaban J connectivity index is 1.56. The van der Waals surface area contributed by atoms with Gasteiger partial charge in [-0.2, -0.15) is 5.10 Å². The number of pyridine rings is 2. The molecule has 0 fully saturated rings. The van der Waals surface area contributed by atoms with Crippen molar-refractivity contribution in [1.29, 1.82) is 0 Å². The van der Waals surface area contributed by atoms with Gasteiger partial charge in [-0.15, -0.1) is 0 Å². The average molecular weight is 505 g/mol. The fraction of sp³-hybridized carbons (Fsp3) is 0.129. The Kier molecular flexibility index (Phi) is 6.75. The summed E-state index contributed by atoms with van der Waals surface area (Å²) >= 11 is 0. The number of nitrogens with one attached hydrogen (secondary N) is 3. The molecule has 0 amide bonds. The number of hydrogen-bond acceptors (Lipinski definition) is 4. The molecule has 0 bridgehead atoms. The van der Waals surface area contributed by atoms with Gasteiger partial charge in [0.15, 0.2) is 0 Å². The maximum atomic E-state index is 13.9. The van der Waals surface area contributed by atoms with Crippen molar-refractivity contribution in [2.45, 2.75) is 20.8 Å². The minimum absolute atomic E-state index is 0.289. The third-order valence-electron chi connectivity index (χ3n) is 6.48. The topological polar surface area (TPSA) is 82.3 Å². The lowest BCUT2D eigenvalue weighted by molar-refractivity contribution is 0.628. The van der Waals surface area contributed by atoms with Gasteiger partial charge in [0.25, 0.3) is 0 Å². The first-order valence-corrected chi connectivity index (χ1v) is 12.4. The second-order valence-corrected chi connectivity index (χ2v) is 9.36. The van der Waals surface area contributed by atoms with Crippen molar-refractivity contribution in [1.82, 2.24) is 30.5 Å². The number of hydrogen-bond donors (Lipinski definition) is 3. The van der Waals surface area contributed by atoms with Crippen LogP contribution in [0.5, 0.6) is 0 Å². The molecule has 0 aliphatic carbocycles. The van der Waals surface area contributed by atoms with Crippen LogP contribution in [0, 0.1) is 11.7 Å². The molecule has 0 radical (unpaired) electrons. The molecule has 5 rings (SSSR count). The van der Waals surface area contributed by atoms with Crippen LogP contribution >= 0.6 is 0 Å². The van der Waals surface area contributed by atoms with Gasteiger partial charge in [-0.3, -0.25) is 10.1 Å². The van der Waals surface area contributed by atoms with Crippen LogP contribution in [0.2, 0.25) is 0 Å². The Morgan fingerprint density at radius 1 is 1.11 bits per heavy atom. The highest BCUT2D eigenvalue weighted by Gasteiger charge is 2.16. The molecule has 5 aromatic rings. The maximum absolute atomic E-state index is 13.9. The molecule has 0 aliphatic rings. The summed E-state index contributed by atoms with van der Waals surface area (Å²) in [6, 6.07) is 12.5. The summed E-state index contributed by atoms with van der Waals surface area (Å²) in [4.78, 5) is 12.7. The Hall–Kier alpha value is -4.78. The normalized spacial score (nSPS) is 12.4. The molecule has 4 heterocycles. The largest absolute Gasteiger partial charge is 0.359 e. The van der Waals surface area contributed by atoms with Crippen LogP contribution in [-0.4, -0.2) is 25.1 Å². The summed E-state index contributed by atoms with van der Waals surface area (Å²) < 4.78 is 13.9. The van der Waals surface area contributed by atoms with Crippen LogP contribution in [0.3, 0.4) is 0 Å². The monoisotopic (exact) mass is 504 g/mol. The number of aromatic amines is 2. The van der Waals surface area contributed by atoms with Gasteiger partial charge in [-0.05, 0) is 66.5 Å². The molecule has 1 aromatic carbocycles. The molecular weight excluding hydrogens is 475 g/mol. The van der Waals surface area contributed by atoms with Gasteiger partial charge in [0.1, 0.15) is 17.0 Å². The Morgan fingerprint density at radius 3 is 2.68 bits per heavy atom. The van der Waals surface area contributed by atoms with E-state index in [2.05, 4.69) is 52.5 Å². The molecule has 38 heavy (non-hydrogen) atoms. The van der Waals surface area contributed by atoms with E-state index < -0.39 is 0 Å². The zero-order valence-corrected chi connectivity index (χ0v) is 21.6. The van der Waals surface area contributed by atoms with Crippen LogP contribution < -0.4 is 5.32 Å². The number of nitrogens with zero attached hydrogens (tertiary/aromatic N) is 3. The molecule has 0 saturated carbocycles. The number of rotatable bonds is 8. The first kappa shape index (κ1) is 24.9. The smallest absolute Gasteiger partial charge is 0.135 e. The van der Waals surface area contributed by atoms with E-state index in [0.29, 0.717) is 11.6 Å². The van der Waals surface area contributed by atoms with Crippen molar-refractivity contribution in [2.75, 3.05) is 0 Å². The summed E-state index contributed by atoms with van der Waals surface area (Å²) in [5.74, 6) is 0.00533. The van der Waals surface area contributed by atoms with Crippen molar-refractivity contribution >= 4 is 27.5 Å². The van der Waals surface area contributed by atoms with E-state index in [1.807, 2.05) is 43.3 Å². The molecule has 4 aromatic heterocycles. The zero-order chi connectivity index (χ0) is 26.8. The van der Waals surface area contributed by atoms with Crippen molar-refractivity contribution in [3.63, 3.8) is 0 Å². The lowest BCUT2D eigenvalue weighted by atomic mass is 10.0. The third-order valence-corrected chi connectivity index (χ3v) is 6.48. The molecule has 0 atom stereocenters. The van der Waals surface area contributed by atoms with Gasteiger partial charge in [-0.25, -0.2) is 9.37 Å². The Bertz CT molecular complexity index is 1730. The van der Waals surface area contributed by atoms with Crippen LogP contribution in [0.4, 0.5) is 4.39 Å². The predicted octanol–water partition coefficient (Wildman–Crippen LogP) is 7.54. The number of fused-ring (bicyclic) bond motifs is 2. The molecule has 0 unspecified atom stereocenters. The van der Waals surface area contributed by atoms with E-state index in [4.69, 9.17) is 4.98 Å². The average Bonchev–Trinajstić information content (AvgIpc) is 3.54. The minimum Gasteiger partial charge on any atom is -0.359 e. The fourth-order valence-electron chi connectivity index (χ4n) is 4.26. The van der Waals surface area contributed by atoms with E-state index >= 15 is 0 Å². The molecular formula is C31H29FN6. The van der Waals surface area contributed by atoms with Crippen LogP contribution in [0.1, 0.15) is 26.5 Å². The Labute approximate surface area is 220 Å². The summed E-state index contributed by atoms with van der Waals surface area (Å²) in [6.45, 7) is 14.2. The third kappa shape index (κ3) is 4.78. The number of halogens is 1. The Morgan fingerprint density at radius 2 is 1.95 bits per heavy atom. The molecule has 0 aliphatic heterocycles. The lowest BCUT2D eigenvalue weighted by Gasteiger charge is -2.14. The van der Waals surface area contributed by atoms with Crippen molar-refractivity contribution in [3.05, 3.63) is 109 Å². The molecule has 6 nitrogen and oxygen atoms in total. The van der Waals surface area contributed by atoms with E-state index in [9.17, 15) is 4.39 Å². The van der Waals surface area contributed by atoms with Gasteiger partial charge in [-0.1, -0.05) is 45.2 Å². The van der Waals surface area contributed by atoms with Gasteiger partial charge in [0.2, 0.25) is 0 Å². The van der Waals surface area contributed by atoms with E-state index in [-0.39, 0.29) is 5.82 Å². The van der Waals surface area contributed by atoms with Gasteiger partial charge < -0.3 is 10.3 Å². The number of H-pyrrole nitrogens is 2. The summed E-state index contributed by atoms with van der Waals surface area (Å²) in [5.41, 5.74) is 8.98. The molecule has 0 saturated heterocycles. The second-order valence-electron chi connectivity index (χ2n) is 9.36. The van der Waals surface area contributed by atoms with Crippen molar-refractivity contribution in [2.24, 2.45) is 5.92 Å². The first-order chi connectivity index (χ1) is 18.4. The van der Waals surface area contributed by atoms with E-state index in [1.165, 1.54) is 12.1 Å². The molecule has 3 N–H and O–H groups in total. The van der Waals surface area contributed by atoms with E-state index in [0.717, 1.165) is 61.4 Å². The number of allylic oxidation sites excluding steroid dienone is 5. The van der Waals surface area contributed by atoms with Gasteiger partial charge in [0, 0.05) is 28.5 Å². The van der Waals surface area contributed by atoms with Crippen LogP contribution in [0.25, 0.3) is 50.0 Å². The highest BCUT2D eigenvalue weighted by Crippen LogP contribution is 2.33. The standard InChI is InChI=1S/C31H29FN6/c1-6-20(14-23(7-2)34-19(5)18(3)4)26-11-12-27-30(36-26)31(38-37-27)28-15-24-25(16-33-17-29(24)35-28)21-9-8-10-22(32)13-21/h6-18,34-35H,2,5H2,1,3-4H3,(H,37,38)/b20-6+,23-14+. The molecule has 0 spiro atoms. The molecule has 190 valence electrons. The van der Waals surface area contributed by atoms with Crippen LogP contribution in [-0.2, 0) is 0 Å². The quantitative estimate of drug-likeness (QED) is 0.191. The summed E-state index contributed by atoms with van der Waals surface area (Å²) in [5, 5.41) is 11.9.